The Hall–Kier alpha value is -1.36. The largest absolute Gasteiger partial charge is 0.345 e. The van der Waals surface area contributed by atoms with E-state index in [2.05, 4.69) is 53.0 Å². The highest BCUT2D eigenvalue weighted by Crippen LogP contribution is 2.26. The highest BCUT2D eigenvalue weighted by Gasteiger charge is 2.18. The fourth-order valence-electron chi connectivity index (χ4n) is 3.27. The van der Waals surface area contributed by atoms with Crippen molar-refractivity contribution < 1.29 is 4.79 Å². The summed E-state index contributed by atoms with van der Waals surface area (Å²) in [6, 6.07) is 14.5. The standard InChI is InChI=1S/C20H22INO/c1-2-19(22-20(23)17-9-5-6-10-18(17)21)16-12-11-14-7-3-4-8-15(14)13-16/h5-6,9-13,19H,2-4,7-8H2,1H3,(H,22,23). The first kappa shape index (κ1) is 16.5. The van der Waals surface area contributed by atoms with Crippen LogP contribution in [0.5, 0.6) is 0 Å². The molecule has 2 aromatic carbocycles. The molecule has 120 valence electrons. The Balaban J connectivity index is 1.80. The van der Waals surface area contributed by atoms with E-state index in [1.54, 1.807) is 0 Å². The molecule has 3 heteroatoms. The third kappa shape index (κ3) is 3.77. The van der Waals surface area contributed by atoms with Crippen molar-refractivity contribution in [1.82, 2.24) is 5.32 Å². The number of hydrogen-bond acceptors (Lipinski definition) is 1. The molecule has 2 aromatic rings. The Morgan fingerprint density at radius 1 is 1.13 bits per heavy atom. The highest BCUT2D eigenvalue weighted by molar-refractivity contribution is 14.1. The molecular weight excluding hydrogens is 397 g/mol. The minimum Gasteiger partial charge on any atom is -0.345 e. The van der Waals surface area contributed by atoms with Crippen molar-refractivity contribution in [3.8, 4) is 0 Å². The van der Waals surface area contributed by atoms with E-state index < -0.39 is 0 Å². The van der Waals surface area contributed by atoms with Gasteiger partial charge in [0.15, 0.2) is 0 Å². The Labute approximate surface area is 151 Å². The molecule has 0 aliphatic heterocycles. The summed E-state index contributed by atoms with van der Waals surface area (Å²) in [7, 11) is 0. The maximum atomic E-state index is 12.6. The fraction of sp³-hybridized carbons (Fsp3) is 0.350. The summed E-state index contributed by atoms with van der Waals surface area (Å²) in [4.78, 5) is 12.6. The molecule has 0 bridgehead atoms. The lowest BCUT2D eigenvalue weighted by Crippen LogP contribution is -2.29. The molecular formula is C20H22INO. The van der Waals surface area contributed by atoms with E-state index in [0.29, 0.717) is 0 Å². The lowest BCUT2D eigenvalue weighted by Gasteiger charge is -2.22. The zero-order valence-corrected chi connectivity index (χ0v) is 15.6. The molecule has 0 radical (unpaired) electrons. The number of carbonyl (C=O) groups is 1. The molecule has 1 aliphatic carbocycles. The maximum absolute atomic E-state index is 12.6. The van der Waals surface area contributed by atoms with Crippen molar-refractivity contribution in [3.05, 3.63) is 68.3 Å². The second-order valence-electron chi connectivity index (χ2n) is 6.15. The molecule has 23 heavy (non-hydrogen) atoms. The quantitative estimate of drug-likeness (QED) is 0.691. The van der Waals surface area contributed by atoms with E-state index in [4.69, 9.17) is 0 Å². The van der Waals surface area contributed by atoms with Crippen molar-refractivity contribution in [2.45, 2.75) is 45.1 Å². The summed E-state index contributed by atoms with van der Waals surface area (Å²) in [6.07, 6.45) is 5.84. The summed E-state index contributed by atoms with van der Waals surface area (Å²) in [5.41, 5.74) is 4.94. The minimum absolute atomic E-state index is 0.0135. The van der Waals surface area contributed by atoms with E-state index in [9.17, 15) is 4.79 Å². The number of fused-ring (bicyclic) bond motifs is 1. The first-order valence-electron chi connectivity index (χ1n) is 8.36. The van der Waals surface area contributed by atoms with Crippen LogP contribution in [0.1, 0.15) is 59.3 Å². The van der Waals surface area contributed by atoms with Crippen LogP contribution in [0.25, 0.3) is 0 Å². The van der Waals surface area contributed by atoms with Gasteiger partial charge in [0.2, 0.25) is 0 Å². The van der Waals surface area contributed by atoms with E-state index in [0.717, 1.165) is 15.6 Å². The van der Waals surface area contributed by atoms with Gasteiger partial charge >= 0.3 is 0 Å². The SMILES string of the molecule is CCC(NC(=O)c1ccccc1I)c1ccc2c(c1)CCCC2. The smallest absolute Gasteiger partial charge is 0.252 e. The highest BCUT2D eigenvalue weighted by atomic mass is 127. The van der Waals surface area contributed by atoms with Gasteiger partial charge in [-0.05, 0) is 83.5 Å². The number of carbonyl (C=O) groups excluding carboxylic acids is 1. The minimum atomic E-state index is 0.0135. The van der Waals surface area contributed by atoms with Crippen molar-refractivity contribution in [3.63, 3.8) is 0 Å². The summed E-state index contributed by atoms with van der Waals surface area (Å²) in [6.45, 7) is 2.13. The molecule has 1 amide bonds. The van der Waals surface area contributed by atoms with Crippen LogP contribution < -0.4 is 5.32 Å². The third-order valence-electron chi connectivity index (χ3n) is 4.61. The van der Waals surface area contributed by atoms with E-state index in [1.807, 2.05) is 24.3 Å². The number of benzene rings is 2. The second-order valence-corrected chi connectivity index (χ2v) is 7.31. The first-order chi connectivity index (χ1) is 11.2. The normalized spacial score (nSPS) is 14.9. The van der Waals surface area contributed by atoms with E-state index >= 15 is 0 Å². The van der Waals surface area contributed by atoms with Crippen LogP contribution in [-0.2, 0) is 12.8 Å². The number of hydrogen-bond donors (Lipinski definition) is 1. The zero-order valence-electron chi connectivity index (χ0n) is 13.4. The van der Waals surface area contributed by atoms with Crippen molar-refractivity contribution in [2.75, 3.05) is 0 Å². The van der Waals surface area contributed by atoms with Gasteiger partial charge in [0.1, 0.15) is 0 Å². The first-order valence-corrected chi connectivity index (χ1v) is 9.44. The summed E-state index contributed by atoms with van der Waals surface area (Å²) < 4.78 is 0.989. The Kier molecular flexibility index (Phi) is 5.36. The number of amides is 1. The van der Waals surface area contributed by atoms with Gasteiger partial charge in [0.25, 0.3) is 5.91 Å². The van der Waals surface area contributed by atoms with Gasteiger partial charge in [-0.25, -0.2) is 0 Å². The Morgan fingerprint density at radius 2 is 1.87 bits per heavy atom. The van der Waals surface area contributed by atoms with Gasteiger partial charge in [-0.1, -0.05) is 37.3 Å². The van der Waals surface area contributed by atoms with E-state index in [-0.39, 0.29) is 11.9 Å². The maximum Gasteiger partial charge on any atom is 0.252 e. The predicted molar refractivity (Wildman–Crippen MR) is 103 cm³/mol. The second kappa shape index (κ2) is 7.47. The van der Waals surface area contributed by atoms with Crippen LogP contribution in [0.4, 0.5) is 0 Å². The van der Waals surface area contributed by atoms with Crippen molar-refractivity contribution in [2.24, 2.45) is 0 Å². The topological polar surface area (TPSA) is 29.1 Å². The summed E-state index contributed by atoms with van der Waals surface area (Å²) >= 11 is 2.22. The van der Waals surface area contributed by atoms with Gasteiger partial charge in [-0.2, -0.15) is 0 Å². The average Bonchev–Trinajstić information content (AvgIpc) is 2.59. The Bertz CT molecular complexity index is 711. The van der Waals surface area contributed by atoms with Crippen LogP contribution >= 0.6 is 22.6 Å². The predicted octanol–water partition coefficient (Wildman–Crippen LogP) is 5.05. The molecule has 0 heterocycles. The molecule has 2 nitrogen and oxygen atoms in total. The van der Waals surface area contributed by atoms with Crippen LogP contribution in [0.15, 0.2) is 42.5 Å². The lowest BCUT2D eigenvalue weighted by atomic mass is 9.88. The summed E-state index contributed by atoms with van der Waals surface area (Å²) in [5, 5.41) is 3.20. The van der Waals surface area contributed by atoms with Crippen LogP contribution in [0.3, 0.4) is 0 Å². The average molecular weight is 419 g/mol. The van der Waals surface area contributed by atoms with Gasteiger partial charge in [0, 0.05) is 3.57 Å². The number of nitrogens with one attached hydrogen (secondary N) is 1. The molecule has 3 rings (SSSR count). The lowest BCUT2D eigenvalue weighted by molar-refractivity contribution is 0.0934. The molecule has 0 saturated carbocycles. The van der Waals surface area contributed by atoms with Gasteiger partial charge in [-0.3, -0.25) is 4.79 Å². The van der Waals surface area contributed by atoms with Crippen molar-refractivity contribution in [1.29, 1.82) is 0 Å². The van der Waals surface area contributed by atoms with Crippen molar-refractivity contribution >= 4 is 28.5 Å². The molecule has 0 saturated heterocycles. The van der Waals surface area contributed by atoms with Gasteiger partial charge in [-0.15, -0.1) is 0 Å². The third-order valence-corrected chi connectivity index (χ3v) is 5.55. The molecule has 1 aliphatic rings. The monoisotopic (exact) mass is 419 g/mol. The molecule has 0 aromatic heterocycles. The molecule has 0 fully saturated rings. The molecule has 0 spiro atoms. The fourth-order valence-corrected chi connectivity index (χ4v) is 3.90. The summed E-state index contributed by atoms with van der Waals surface area (Å²) in [5.74, 6) is 0.0135. The molecule has 1 atom stereocenters. The van der Waals surface area contributed by atoms with Gasteiger partial charge < -0.3 is 5.32 Å². The van der Waals surface area contributed by atoms with Crippen LogP contribution in [0, 0.1) is 3.57 Å². The number of aryl methyl sites for hydroxylation is 2. The van der Waals surface area contributed by atoms with Crippen LogP contribution in [-0.4, -0.2) is 5.91 Å². The zero-order chi connectivity index (χ0) is 16.2. The molecule has 1 N–H and O–H groups in total. The Morgan fingerprint density at radius 3 is 2.61 bits per heavy atom. The van der Waals surface area contributed by atoms with Crippen LogP contribution in [0.2, 0.25) is 0 Å². The number of halogens is 1. The van der Waals surface area contributed by atoms with E-state index in [1.165, 1.54) is 42.4 Å². The number of rotatable bonds is 4. The molecule has 1 unspecified atom stereocenters. The van der Waals surface area contributed by atoms with Gasteiger partial charge in [0.05, 0.1) is 11.6 Å².